The predicted octanol–water partition coefficient (Wildman–Crippen LogP) is 1.09. The Morgan fingerprint density at radius 1 is 1.53 bits per heavy atom. The number of fused-ring (bicyclic) bond motifs is 1. The molecule has 0 spiro atoms. The summed E-state index contributed by atoms with van der Waals surface area (Å²) in [7, 11) is 1.90. The summed E-state index contributed by atoms with van der Waals surface area (Å²) in [6.45, 7) is 2.18. The largest absolute Gasteiger partial charge is 0.385 e. The predicted molar refractivity (Wildman–Crippen MR) is 59.2 cm³/mol. The smallest absolute Gasteiger partial charge is 0.138 e. The van der Waals surface area contributed by atoms with Crippen molar-refractivity contribution in [2.45, 2.75) is 19.6 Å². The van der Waals surface area contributed by atoms with Crippen LogP contribution in [0, 0.1) is 0 Å². The Kier molecular flexibility index (Phi) is 2.46. The molecule has 0 unspecified atom stereocenters. The van der Waals surface area contributed by atoms with E-state index in [4.69, 9.17) is 5.73 Å². The number of hydrogen-bond acceptors (Lipinski definition) is 3. The maximum Gasteiger partial charge on any atom is 0.138 e. The minimum atomic E-state index is -0.562. The summed E-state index contributed by atoms with van der Waals surface area (Å²) in [5, 5.41) is 9.55. The molecule has 0 bridgehead atoms. The molecular formula is C11H15N3O. The summed E-state index contributed by atoms with van der Waals surface area (Å²) in [5.41, 5.74) is 8.54. The molecule has 4 heteroatoms. The van der Waals surface area contributed by atoms with E-state index >= 15 is 0 Å². The van der Waals surface area contributed by atoms with Crippen LogP contribution in [0.3, 0.4) is 0 Å². The van der Waals surface area contributed by atoms with Crippen molar-refractivity contribution in [1.29, 1.82) is 0 Å². The van der Waals surface area contributed by atoms with Gasteiger partial charge in [0.05, 0.1) is 11.0 Å². The van der Waals surface area contributed by atoms with Crippen LogP contribution < -0.4 is 5.73 Å². The van der Waals surface area contributed by atoms with Gasteiger partial charge in [-0.1, -0.05) is 12.1 Å². The topological polar surface area (TPSA) is 64.1 Å². The standard InChI is InChI=1S/C11H15N3O/c1-7(15)11-13-10-8(6-12)4-3-5-9(10)14(11)2/h3-5,7,15H,6,12H2,1-2H3/t7-/m0/s1. The molecule has 0 fully saturated rings. The molecule has 1 aromatic carbocycles. The number of aryl methyl sites for hydroxylation is 1. The summed E-state index contributed by atoms with van der Waals surface area (Å²) >= 11 is 0. The number of imidazole rings is 1. The highest BCUT2D eigenvalue weighted by Crippen LogP contribution is 2.21. The molecule has 80 valence electrons. The molecule has 0 amide bonds. The number of nitrogens with two attached hydrogens (primary N) is 1. The van der Waals surface area contributed by atoms with E-state index in [9.17, 15) is 5.11 Å². The number of aliphatic hydroxyl groups excluding tert-OH is 1. The van der Waals surface area contributed by atoms with E-state index in [2.05, 4.69) is 4.98 Å². The van der Waals surface area contributed by atoms with Crippen LogP contribution in [0.4, 0.5) is 0 Å². The molecule has 1 heterocycles. The first-order valence-corrected chi connectivity index (χ1v) is 4.97. The molecule has 0 aliphatic carbocycles. The molecule has 1 atom stereocenters. The monoisotopic (exact) mass is 205 g/mol. The van der Waals surface area contributed by atoms with Gasteiger partial charge in [-0.2, -0.15) is 0 Å². The molecule has 2 rings (SSSR count). The fraction of sp³-hybridized carbons (Fsp3) is 0.364. The minimum absolute atomic E-state index is 0.466. The van der Waals surface area contributed by atoms with Gasteiger partial charge in [0.15, 0.2) is 0 Å². The highest BCUT2D eigenvalue weighted by atomic mass is 16.3. The first kappa shape index (κ1) is 10.1. The zero-order valence-corrected chi connectivity index (χ0v) is 8.94. The van der Waals surface area contributed by atoms with Crippen molar-refractivity contribution in [3.8, 4) is 0 Å². The second-order valence-electron chi connectivity index (χ2n) is 3.69. The number of aliphatic hydroxyl groups is 1. The fourth-order valence-electron chi connectivity index (χ4n) is 1.83. The van der Waals surface area contributed by atoms with Crippen LogP contribution in [-0.4, -0.2) is 14.7 Å². The molecule has 3 N–H and O–H groups in total. The van der Waals surface area contributed by atoms with Crippen LogP contribution in [0.25, 0.3) is 11.0 Å². The summed E-state index contributed by atoms with van der Waals surface area (Å²) in [5.74, 6) is 0.672. The van der Waals surface area contributed by atoms with Crippen LogP contribution >= 0.6 is 0 Å². The van der Waals surface area contributed by atoms with E-state index < -0.39 is 6.10 Å². The van der Waals surface area contributed by atoms with Gasteiger partial charge in [-0.25, -0.2) is 4.98 Å². The summed E-state index contributed by atoms with van der Waals surface area (Å²) in [4.78, 5) is 4.42. The van der Waals surface area contributed by atoms with Crippen molar-refractivity contribution in [1.82, 2.24) is 9.55 Å². The Morgan fingerprint density at radius 2 is 2.27 bits per heavy atom. The summed E-state index contributed by atoms with van der Waals surface area (Å²) in [6, 6.07) is 5.90. The molecule has 1 aromatic heterocycles. The van der Waals surface area contributed by atoms with Gasteiger partial charge < -0.3 is 15.4 Å². The lowest BCUT2D eigenvalue weighted by Crippen LogP contribution is -2.01. The maximum atomic E-state index is 9.55. The fourth-order valence-corrected chi connectivity index (χ4v) is 1.83. The molecule has 15 heavy (non-hydrogen) atoms. The molecule has 4 nitrogen and oxygen atoms in total. The normalized spacial score (nSPS) is 13.3. The van der Waals surface area contributed by atoms with Crippen LogP contribution in [0.5, 0.6) is 0 Å². The molecule has 2 aromatic rings. The number of rotatable bonds is 2. The number of hydrogen-bond donors (Lipinski definition) is 2. The van der Waals surface area contributed by atoms with Crippen LogP contribution in [0.2, 0.25) is 0 Å². The molecule has 0 radical (unpaired) electrons. The SMILES string of the molecule is C[C@H](O)c1nc2c(CN)cccc2n1C. The molecular weight excluding hydrogens is 190 g/mol. The second-order valence-corrected chi connectivity index (χ2v) is 3.69. The lowest BCUT2D eigenvalue weighted by atomic mass is 10.2. The van der Waals surface area contributed by atoms with Gasteiger partial charge in [-0.15, -0.1) is 0 Å². The highest BCUT2D eigenvalue weighted by Gasteiger charge is 2.13. The van der Waals surface area contributed by atoms with Crippen molar-refractivity contribution in [2.24, 2.45) is 12.8 Å². The third-order valence-corrected chi connectivity index (χ3v) is 2.62. The number of nitrogens with zero attached hydrogens (tertiary/aromatic N) is 2. The van der Waals surface area contributed by atoms with E-state index in [1.54, 1.807) is 6.92 Å². The van der Waals surface area contributed by atoms with E-state index in [1.807, 2.05) is 29.8 Å². The lowest BCUT2D eigenvalue weighted by Gasteiger charge is -2.03. The summed E-state index contributed by atoms with van der Waals surface area (Å²) in [6.07, 6.45) is -0.562. The summed E-state index contributed by atoms with van der Waals surface area (Å²) < 4.78 is 1.90. The highest BCUT2D eigenvalue weighted by molar-refractivity contribution is 5.79. The Balaban J connectivity index is 2.75. The molecule has 0 saturated carbocycles. The minimum Gasteiger partial charge on any atom is -0.385 e. The zero-order valence-electron chi connectivity index (χ0n) is 8.94. The van der Waals surface area contributed by atoms with Crippen molar-refractivity contribution >= 4 is 11.0 Å². The third kappa shape index (κ3) is 1.52. The van der Waals surface area contributed by atoms with Crippen LogP contribution in [0.15, 0.2) is 18.2 Å². The number of para-hydroxylation sites is 1. The van der Waals surface area contributed by atoms with Gasteiger partial charge in [0, 0.05) is 13.6 Å². The van der Waals surface area contributed by atoms with E-state index in [0.717, 1.165) is 16.6 Å². The molecule has 0 aliphatic rings. The Hall–Kier alpha value is -1.39. The quantitative estimate of drug-likeness (QED) is 0.771. The van der Waals surface area contributed by atoms with Crippen molar-refractivity contribution in [3.63, 3.8) is 0 Å². The third-order valence-electron chi connectivity index (χ3n) is 2.62. The van der Waals surface area contributed by atoms with Gasteiger partial charge >= 0.3 is 0 Å². The average Bonchev–Trinajstić information content (AvgIpc) is 2.56. The lowest BCUT2D eigenvalue weighted by molar-refractivity contribution is 0.186. The molecule has 0 aliphatic heterocycles. The van der Waals surface area contributed by atoms with E-state index in [0.29, 0.717) is 12.4 Å². The van der Waals surface area contributed by atoms with Crippen molar-refractivity contribution < 1.29 is 5.11 Å². The van der Waals surface area contributed by atoms with Crippen LogP contribution in [-0.2, 0) is 13.6 Å². The number of aromatic nitrogens is 2. The van der Waals surface area contributed by atoms with Crippen molar-refractivity contribution in [2.75, 3.05) is 0 Å². The Labute approximate surface area is 88.3 Å². The van der Waals surface area contributed by atoms with Crippen LogP contribution in [0.1, 0.15) is 24.4 Å². The van der Waals surface area contributed by atoms with Gasteiger partial charge in [-0.3, -0.25) is 0 Å². The Bertz CT molecular complexity index is 488. The Morgan fingerprint density at radius 3 is 2.87 bits per heavy atom. The second kappa shape index (κ2) is 3.64. The van der Waals surface area contributed by atoms with E-state index in [-0.39, 0.29) is 0 Å². The van der Waals surface area contributed by atoms with E-state index in [1.165, 1.54) is 0 Å². The van der Waals surface area contributed by atoms with Gasteiger partial charge in [0.2, 0.25) is 0 Å². The number of benzene rings is 1. The average molecular weight is 205 g/mol. The van der Waals surface area contributed by atoms with Crippen molar-refractivity contribution in [3.05, 3.63) is 29.6 Å². The maximum absolute atomic E-state index is 9.55. The van der Waals surface area contributed by atoms with Gasteiger partial charge in [-0.05, 0) is 18.6 Å². The molecule has 0 saturated heterocycles. The van der Waals surface area contributed by atoms with Gasteiger partial charge in [0.25, 0.3) is 0 Å². The first-order chi connectivity index (χ1) is 7.15. The van der Waals surface area contributed by atoms with Gasteiger partial charge in [0.1, 0.15) is 11.9 Å². The first-order valence-electron chi connectivity index (χ1n) is 4.97. The zero-order chi connectivity index (χ0) is 11.0.